The maximum Gasteiger partial charge on any atom is 0.119 e. The fraction of sp³-hybridized carbons (Fsp3) is 0.667. The van der Waals surface area contributed by atoms with E-state index in [2.05, 4.69) is 36.9 Å². The Hall–Kier alpha value is -1.06. The molecular formula is C18H30N2O. The molecule has 118 valence electrons. The molecule has 2 unspecified atom stereocenters. The van der Waals surface area contributed by atoms with E-state index in [0.717, 1.165) is 12.3 Å². The first-order valence-electron chi connectivity index (χ1n) is 8.29. The van der Waals surface area contributed by atoms with E-state index in [1.165, 1.54) is 49.9 Å². The maximum atomic E-state index is 6.18. The largest absolute Gasteiger partial charge is 0.497 e. The Kier molecular flexibility index (Phi) is 6.07. The van der Waals surface area contributed by atoms with Gasteiger partial charge < -0.3 is 10.5 Å². The van der Waals surface area contributed by atoms with Crippen LogP contribution in [0.1, 0.15) is 49.7 Å². The van der Waals surface area contributed by atoms with Gasteiger partial charge in [0.05, 0.1) is 7.11 Å². The highest BCUT2D eigenvalue weighted by Gasteiger charge is 2.30. The quantitative estimate of drug-likeness (QED) is 0.873. The molecule has 0 bridgehead atoms. The van der Waals surface area contributed by atoms with Crippen LogP contribution in [0.15, 0.2) is 18.2 Å². The van der Waals surface area contributed by atoms with Crippen molar-refractivity contribution in [2.45, 2.75) is 51.5 Å². The maximum absolute atomic E-state index is 6.18. The summed E-state index contributed by atoms with van der Waals surface area (Å²) in [5, 5.41) is 0. The van der Waals surface area contributed by atoms with Crippen LogP contribution >= 0.6 is 0 Å². The van der Waals surface area contributed by atoms with Crippen LogP contribution in [-0.2, 0) is 0 Å². The molecule has 0 amide bonds. The molecule has 1 aromatic carbocycles. The molecule has 0 radical (unpaired) electrons. The summed E-state index contributed by atoms with van der Waals surface area (Å²) in [6, 6.07) is 7.00. The van der Waals surface area contributed by atoms with Crippen LogP contribution in [0.2, 0.25) is 0 Å². The van der Waals surface area contributed by atoms with Gasteiger partial charge in [0, 0.05) is 18.5 Å². The number of nitrogens with two attached hydrogens (primary N) is 1. The third-order valence-corrected chi connectivity index (χ3v) is 4.77. The van der Waals surface area contributed by atoms with E-state index in [1.807, 2.05) is 0 Å². The highest BCUT2D eigenvalue weighted by atomic mass is 16.5. The predicted molar refractivity (Wildman–Crippen MR) is 89.0 cm³/mol. The molecule has 1 aliphatic rings. The van der Waals surface area contributed by atoms with Gasteiger partial charge in [-0.05, 0) is 62.5 Å². The monoisotopic (exact) mass is 290 g/mol. The third kappa shape index (κ3) is 3.78. The minimum atomic E-state index is 0.433. The number of methoxy groups -OCH3 is 1. The zero-order valence-electron chi connectivity index (χ0n) is 13.8. The number of benzene rings is 1. The molecule has 3 nitrogen and oxygen atoms in total. The summed E-state index contributed by atoms with van der Waals surface area (Å²) in [5.74, 6) is 1.36. The molecular weight excluding hydrogens is 260 g/mol. The molecule has 3 heteroatoms. The molecule has 2 atom stereocenters. The molecule has 21 heavy (non-hydrogen) atoms. The SMILES string of the molecule is CCCN1CCCCC1C(CN)c1ccc(OC)cc1C. The second-order valence-corrected chi connectivity index (χ2v) is 6.16. The number of hydrogen-bond acceptors (Lipinski definition) is 3. The minimum absolute atomic E-state index is 0.433. The van der Waals surface area contributed by atoms with Crippen molar-refractivity contribution in [3.63, 3.8) is 0 Å². The fourth-order valence-electron chi connectivity index (χ4n) is 3.72. The first-order chi connectivity index (χ1) is 10.2. The average molecular weight is 290 g/mol. The lowest BCUT2D eigenvalue weighted by Gasteiger charge is -2.40. The van der Waals surface area contributed by atoms with Gasteiger partial charge in [0.1, 0.15) is 5.75 Å². The van der Waals surface area contributed by atoms with Crippen molar-refractivity contribution in [3.8, 4) is 5.75 Å². The standard InChI is InChI=1S/C18H30N2O/c1-4-10-20-11-6-5-7-18(20)17(13-19)16-9-8-15(21-3)12-14(16)2/h8-9,12,17-18H,4-7,10-11,13,19H2,1-3H3. The van der Waals surface area contributed by atoms with Crippen molar-refractivity contribution < 1.29 is 4.74 Å². The van der Waals surface area contributed by atoms with Gasteiger partial charge in [0.25, 0.3) is 0 Å². The van der Waals surface area contributed by atoms with E-state index in [4.69, 9.17) is 10.5 Å². The molecule has 1 fully saturated rings. The van der Waals surface area contributed by atoms with E-state index in [1.54, 1.807) is 7.11 Å². The highest BCUT2D eigenvalue weighted by molar-refractivity contribution is 5.38. The zero-order valence-corrected chi connectivity index (χ0v) is 13.8. The van der Waals surface area contributed by atoms with E-state index >= 15 is 0 Å². The Morgan fingerprint density at radius 3 is 2.81 bits per heavy atom. The first-order valence-corrected chi connectivity index (χ1v) is 8.29. The number of likely N-dealkylation sites (tertiary alicyclic amines) is 1. The summed E-state index contributed by atoms with van der Waals surface area (Å²) in [7, 11) is 1.72. The molecule has 0 aromatic heterocycles. The summed E-state index contributed by atoms with van der Waals surface area (Å²) in [6.45, 7) is 7.58. The lowest BCUT2D eigenvalue weighted by molar-refractivity contribution is 0.126. The van der Waals surface area contributed by atoms with Crippen LogP contribution in [0, 0.1) is 6.92 Å². The molecule has 1 saturated heterocycles. The summed E-state index contributed by atoms with van der Waals surface area (Å²) in [4.78, 5) is 2.66. The topological polar surface area (TPSA) is 38.5 Å². The third-order valence-electron chi connectivity index (χ3n) is 4.77. The van der Waals surface area contributed by atoms with Crippen LogP contribution in [0.3, 0.4) is 0 Å². The summed E-state index contributed by atoms with van der Waals surface area (Å²) >= 11 is 0. The molecule has 1 aliphatic heterocycles. The van der Waals surface area contributed by atoms with Crippen LogP contribution in [0.5, 0.6) is 5.75 Å². The Morgan fingerprint density at radius 2 is 2.19 bits per heavy atom. The summed E-state index contributed by atoms with van der Waals surface area (Å²) in [6.07, 6.45) is 5.15. The average Bonchev–Trinajstić information content (AvgIpc) is 2.51. The number of ether oxygens (including phenoxy) is 1. The number of hydrogen-bond donors (Lipinski definition) is 1. The van der Waals surface area contributed by atoms with Gasteiger partial charge in [-0.1, -0.05) is 19.4 Å². The number of piperidine rings is 1. The Bertz CT molecular complexity index is 445. The highest BCUT2D eigenvalue weighted by Crippen LogP contribution is 2.32. The van der Waals surface area contributed by atoms with Gasteiger partial charge in [-0.25, -0.2) is 0 Å². The Balaban J connectivity index is 2.24. The van der Waals surface area contributed by atoms with Gasteiger partial charge in [0.15, 0.2) is 0 Å². The minimum Gasteiger partial charge on any atom is -0.497 e. The van der Waals surface area contributed by atoms with E-state index < -0.39 is 0 Å². The van der Waals surface area contributed by atoms with Crippen molar-refractivity contribution in [1.82, 2.24) is 4.90 Å². The second kappa shape index (κ2) is 7.81. The van der Waals surface area contributed by atoms with E-state index in [0.29, 0.717) is 12.0 Å². The van der Waals surface area contributed by atoms with Crippen molar-refractivity contribution >= 4 is 0 Å². The van der Waals surface area contributed by atoms with Crippen molar-refractivity contribution in [2.24, 2.45) is 5.73 Å². The molecule has 1 aromatic rings. The van der Waals surface area contributed by atoms with Gasteiger partial charge in [-0.2, -0.15) is 0 Å². The lowest BCUT2D eigenvalue weighted by atomic mass is 9.83. The normalized spacial score (nSPS) is 21.2. The number of aryl methyl sites for hydroxylation is 1. The predicted octanol–water partition coefficient (Wildman–Crippen LogP) is 3.31. The van der Waals surface area contributed by atoms with E-state index in [9.17, 15) is 0 Å². The summed E-state index contributed by atoms with van der Waals surface area (Å²) in [5.41, 5.74) is 8.87. The van der Waals surface area contributed by atoms with Crippen LogP contribution in [-0.4, -0.2) is 37.7 Å². The molecule has 0 spiro atoms. The smallest absolute Gasteiger partial charge is 0.119 e. The van der Waals surface area contributed by atoms with Crippen LogP contribution < -0.4 is 10.5 Å². The Morgan fingerprint density at radius 1 is 1.38 bits per heavy atom. The van der Waals surface area contributed by atoms with Crippen molar-refractivity contribution in [1.29, 1.82) is 0 Å². The first kappa shape index (κ1) is 16.3. The molecule has 2 rings (SSSR count). The zero-order chi connectivity index (χ0) is 15.2. The van der Waals surface area contributed by atoms with Gasteiger partial charge in [-0.3, -0.25) is 4.90 Å². The molecule has 2 N–H and O–H groups in total. The van der Waals surface area contributed by atoms with Crippen LogP contribution in [0.4, 0.5) is 0 Å². The van der Waals surface area contributed by atoms with Gasteiger partial charge in [0.2, 0.25) is 0 Å². The van der Waals surface area contributed by atoms with Crippen LogP contribution in [0.25, 0.3) is 0 Å². The lowest BCUT2D eigenvalue weighted by Crippen LogP contribution is -2.45. The van der Waals surface area contributed by atoms with E-state index in [-0.39, 0.29) is 0 Å². The molecule has 1 heterocycles. The summed E-state index contributed by atoms with van der Waals surface area (Å²) < 4.78 is 5.33. The number of rotatable bonds is 6. The van der Waals surface area contributed by atoms with Crippen molar-refractivity contribution in [2.75, 3.05) is 26.7 Å². The molecule has 0 saturated carbocycles. The molecule has 0 aliphatic carbocycles. The number of nitrogens with zero attached hydrogens (tertiary/aromatic N) is 1. The van der Waals surface area contributed by atoms with Gasteiger partial charge in [-0.15, -0.1) is 0 Å². The fourth-order valence-corrected chi connectivity index (χ4v) is 3.72. The second-order valence-electron chi connectivity index (χ2n) is 6.16. The Labute approximate surface area is 129 Å². The van der Waals surface area contributed by atoms with Crippen molar-refractivity contribution in [3.05, 3.63) is 29.3 Å². The van der Waals surface area contributed by atoms with Gasteiger partial charge >= 0.3 is 0 Å².